The van der Waals surface area contributed by atoms with Gasteiger partial charge < -0.3 is 15.2 Å². The highest BCUT2D eigenvalue weighted by Crippen LogP contribution is 2.24. The lowest BCUT2D eigenvalue weighted by atomic mass is 10.2. The lowest BCUT2D eigenvalue weighted by Gasteiger charge is -2.13. The summed E-state index contributed by atoms with van der Waals surface area (Å²) in [4.78, 5) is 22.9. The van der Waals surface area contributed by atoms with Crippen molar-refractivity contribution in [1.29, 1.82) is 0 Å². The molecule has 1 saturated carbocycles. The Balaban J connectivity index is 1.63. The van der Waals surface area contributed by atoms with Crippen molar-refractivity contribution >= 4 is 17.7 Å². The fourth-order valence-corrected chi connectivity index (χ4v) is 2.75. The number of ether oxygens (including phenoxy) is 1. The zero-order valence-electron chi connectivity index (χ0n) is 13.1. The summed E-state index contributed by atoms with van der Waals surface area (Å²) in [7, 11) is 0. The highest BCUT2D eigenvalue weighted by atomic mass is 16.5. The Hall–Kier alpha value is -2.83. The van der Waals surface area contributed by atoms with E-state index in [1.165, 1.54) is 23.7 Å². The number of carbonyl (C=O) groups excluding carboxylic acids is 1. The van der Waals surface area contributed by atoms with Gasteiger partial charge in [-0.3, -0.25) is 14.3 Å². The quantitative estimate of drug-likeness (QED) is 0.849. The summed E-state index contributed by atoms with van der Waals surface area (Å²) >= 11 is 0. The first-order valence-corrected chi connectivity index (χ1v) is 7.93. The number of nitrogens with zero attached hydrogens (tertiary/aromatic N) is 2. The van der Waals surface area contributed by atoms with Crippen molar-refractivity contribution < 1.29 is 19.4 Å². The van der Waals surface area contributed by atoms with E-state index in [9.17, 15) is 9.59 Å². The summed E-state index contributed by atoms with van der Waals surface area (Å²) in [6.07, 6.45) is 6.21. The lowest BCUT2D eigenvalue weighted by molar-refractivity contribution is -0.137. The Kier molecular flexibility index (Phi) is 4.79. The number of hydrogen-bond donors (Lipinski definition) is 2. The van der Waals surface area contributed by atoms with Crippen molar-refractivity contribution in [3.63, 3.8) is 0 Å². The molecule has 1 fully saturated rings. The molecule has 0 bridgehead atoms. The number of carboxylic acid groups (broad SMARTS) is 1. The van der Waals surface area contributed by atoms with Gasteiger partial charge in [0, 0.05) is 17.8 Å². The molecule has 2 N–H and O–H groups in total. The molecule has 0 atom stereocenters. The molecule has 0 radical (unpaired) electrons. The number of benzene rings is 1. The second-order valence-corrected chi connectivity index (χ2v) is 5.80. The number of anilines is 1. The Morgan fingerprint density at radius 3 is 2.83 bits per heavy atom. The van der Waals surface area contributed by atoms with Gasteiger partial charge in [0.05, 0.1) is 6.10 Å². The van der Waals surface area contributed by atoms with Crippen LogP contribution in [0.25, 0.3) is 0 Å². The molecule has 0 aliphatic heterocycles. The minimum Gasteiger partial charge on any atom is -0.490 e. The number of aromatic nitrogens is 2. The van der Waals surface area contributed by atoms with Crippen molar-refractivity contribution in [3.8, 4) is 5.75 Å². The molecule has 24 heavy (non-hydrogen) atoms. The number of nitrogens with one attached hydrogen (secondary N) is 1. The monoisotopic (exact) mass is 329 g/mol. The summed E-state index contributed by atoms with van der Waals surface area (Å²) in [6, 6.07) is 8.59. The molecule has 0 saturated heterocycles. The van der Waals surface area contributed by atoms with E-state index < -0.39 is 5.97 Å². The van der Waals surface area contributed by atoms with E-state index in [-0.39, 0.29) is 18.6 Å². The van der Waals surface area contributed by atoms with Gasteiger partial charge in [-0.25, -0.2) is 0 Å². The molecule has 1 aliphatic carbocycles. The van der Waals surface area contributed by atoms with Gasteiger partial charge in [0.25, 0.3) is 5.91 Å². The van der Waals surface area contributed by atoms with Crippen LogP contribution in [0, 0.1) is 0 Å². The van der Waals surface area contributed by atoms with E-state index in [0.717, 1.165) is 12.8 Å². The van der Waals surface area contributed by atoms with Crippen molar-refractivity contribution in [1.82, 2.24) is 9.78 Å². The minimum atomic E-state index is -0.993. The van der Waals surface area contributed by atoms with Gasteiger partial charge in [0.15, 0.2) is 5.82 Å². The van der Waals surface area contributed by atoms with Crippen LogP contribution in [0.5, 0.6) is 5.75 Å². The summed E-state index contributed by atoms with van der Waals surface area (Å²) in [5, 5.41) is 15.4. The van der Waals surface area contributed by atoms with Crippen molar-refractivity contribution in [2.75, 3.05) is 5.32 Å². The zero-order chi connectivity index (χ0) is 16.9. The predicted molar refractivity (Wildman–Crippen MR) is 87.1 cm³/mol. The minimum absolute atomic E-state index is 0.232. The first-order chi connectivity index (χ1) is 11.6. The van der Waals surface area contributed by atoms with Crippen LogP contribution in [0.2, 0.25) is 0 Å². The molecule has 0 spiro atoms. The second kappa shape index (κ2) is 7.16. The maximum absolute atomic E-state index is 12.3. The number of aliphatic carboxylic acids is 1. The molecule has 1 aromatic carbocycles. The van der Waals surface area contributed by atoms with Gasteiger partial charge in [-0.15, -0.1) is 0 Å². The van der Waals surface area contributed by atoms with E-state index in [2.05, 4.69) is 10.4 Å². The third-order valence-corrected chi connectivity index (χ3v) is 3.88. The second-order valence-electron chi connectivity index (χ2n) is 5.80. The molecular weight excluding hydrogens is 310 g/mol. The maximum Gasteiger partial charge on any atom is 0.325 e. The van der Waals surface area contributed by atoms with Crippen LogP contribution < -0.4 is 10.1 Å². The fraction of sp³-hybridized carbons (Fsp3) is 0.353. The molecule has 7 heteroatoms. The van der Waals surface area contributed by atoms with Crippen LogP contribution in [0.1, 0.15) is 36.0 Å². The molecule has 1 aliphatic rings. The topological polar surface area (TPSA) is 93.5 Å². The fourth-order valence-electron chi connectivity index (χ4n) is 2.75. The highest BCUT2D eigenvalue weighted by Gasteiger charge is 2.17. The Morgan fingerprint density at radius 2 is 2.08 bits per heavy atom. The summed E-state index contributed by atoms with van der Waals surface area (Å²) in [5.41, 5.74) is 0.471. The van der Waals surface area contributed by atoms with E-state index >= 15 is 0 Å². The van der Waals surface area contributed by atoms with E-state index in [4.69, 9.17) is 9.84 Å². The Labute approximate surface area is 139 Å². The summed E-state index contributed by atoms with van der Waals surface area (Å²) < 4.78 is 7.15. The van der Waals surface area contributed by atoms with Gasteiger partial charge in [0.2, 0.25) is 0 Å². The number of amides is 1. The molecule has 7 nitrogen and oxygen atoms in total. The van der Waals surface area contributed by atoms with Crippen molar-refractivity contribution in [2.45, 2.75) is 38.3 Å². The van der Waals surface area contributed by atoms with Crippen LogP contribution in [0.15, 0.2) is 36.5 Å². The smallest absolute Gasteiger partial charge is 0.325 e. The summed E-state index contributed by atoms with van der Waals surface area (Å²) in [6.45, 7) is -0.249. The third-order valence-electron chi connectivity index (χ3n) is 3.88. The highest BCUT2D eigenvalue weighted by molar-refractivity contribution is 6.03. The molecule has 2 aromatic rings. The van der Waals surface area contributed by atoms with Crippen LogP contribution >= 0.6 is 0 Å². The molecule has 126 valence electrons. The first kappa shape index (κ1) is 16.0. The van der Waals surface area contributed by atoms with Gasteiger partial charge in [-0.1, -0.05) is 6.07 Å². The standard InChI is InChI=1S/C17H19N3O4/c21-16(22)11-20-9-8-15(19-20)18-17(23)12-4-3-7-14(10-12)24-13-5-1-2-6-13/h3-4,7-10,13H,1-2,5-6,11H2,(H,21,22)(H,18,19,23). The van der Waals surface area contributed by atoms with Crippen LogP contribution in [0.3, 0.4) is 0 Å². The number of carbonyl (C=O) groups is 2. The molecule has 1 amide bonds. The van der Waals surface area contributed by atoms with Crippen molar-refractivity contribution in [3.05, 3.63) is 42.1 Å². The first-order valence-electron chi connectivity index (χ1n) is 7.93. The average Bonchev–Trinajstić information content (AvgIpc) is 3.19. The van der Waals surface area contributed by atoms with Gasteiger partial charge >= 0.3 is 5.97 Å². The van der Waals surface area contributed by atoms with Gasteiger partial charge in [0.1, 0.15) is 12.3 Å². The average molecular weight is 329 g/mol. The predicted octanol–water partition coefficient (Wildman–Crippen LogP) is 2.54. The summed E-state index contributed by atoms with van der Waals surface area (Å²) in [5.74, 6) is -0.311. The van der Waals surface area contributed by atoms with Gasteiger partial charge in [-0.2, -0.15) is 5.10 Å². The Morgan fingerprint density at radius 1 is 1.29 bits per heavy atom. The molecule has 1 heterocycles. The molecule has 0 unspecified atom stereocenters. The molecule has 1 aromatic heterocycles. The third kappa shape index (κ3) is 4.13. The van der Waals surface area contributed by atoms with E-state index in [1.807, 2.05) is 6.07 Å². The molecule has 3 rings (SSSR count). The lowest BCUT2D eigenvalue weighted by Crippen LogP contribution is -2.15. The number of rotatable bonds is 6. The SMILES string of the molecule is O=C(O)Cn1ccc(NC(=O)c2cccc(OC3CCCC3)c2)n1. The maximum atomic E-state index is 12.3. The van der Waals surface area contributed by atoms with E-state index in [1.54, 1.807) is 24.3 Å². The van der Waals surface area contributed by atoms with E-state index in [0.29, 0.717) is 17.1 Å². The van der Waals surface area contributed by atoms with Crippen LogP contribution in [-0.2, 0) is 11.3 Å². The number of hydrogen-bond acceptors (Lipinski definition) is 4. The Bertz CT molecular complexity index is 735. The zero-order valence-corrected chi connectivity index (χ0v) is 13.1. The van der Waals surface area contributed by atoms with Crippen LogP contribution in [0.4, 0.5) is 5.82 Å². The van der Waals surface area contributed by atoms with Gasteiger partial charge in [-0.05, 0) is 43.9 Å². The number of carboxylic acids is 1. The molecular formula is C17H19N3O4. The largest absolute Gasteiger partial charge is 0.490 e. The normalized spacial score (nSPS) is 14.5. The van der Waals surface area contributed by atoms with Crippen LogP contribution in [-0.4, -0.2) is 32.9 Å². The van der Waals surface area contributed by atoms with Crippen molar-refractivity contribution in [2.24, 2.45) is 0 Å².